The van der Waals surface area contributed by atoms with Gasteiger partial charge in [0.15, 0.2) is 0 Å². The third-order valence-electron chi connectivity index (χ3n) is 7.02. The maximum Gasteiger partial charge on any atom is 0.410 e. The summed E-state index contributed by atoms with van der Waals surface area (Å²) in [7, 11) is 0. The molecule has 1 heterocycles. The van der Waals surface area contributed by atoms with Gasteiger partial charge in [0.2, 0.25) is 5.91 Å². The van der Waals surface area contributed by atoms with E-state index in [9.17, 15) is 14.7 Å². The number of ether oxygens (including phenoxy) is 1. The standard InChI is InChI=1S/C25H38N2O4/c1-17-15-18(5-10-22(17)28)16-26-23(29)19-11-13-27(14-12-19)24(30)31-21-8-6-20(7-9-21)25(2,3)4/h5,10,15,19-21,28H,6-9,11-14,16H2,1-4H3,(H,26,29)/t20-,21-. The lowest BCUT2D eigenvalue weighted by Gasteiger charge is -2.37. The second kappa shape index (κ2) is 9.92. The molecule has 1 aromatic carbocycles. The number of aryl methyl sites for hydroxylation is 1. The highest BCUT2D eigenvalue weighted by Gasteiger charge is 2.33. The summed E-state index contributed by atoms with van der Waals surface area (Å²) >= 11 is 0. The smallest absolute Gasteiger partial charge is 0.410 e. The molecular formula is C25H38N2O4. The van der Waals surface area contributed by atoms with Crippen LogP contribution < -0.4 is 5.32 Å². The van der Waals surface area contributed by atoms with E-state index in [1.807, 2.05) is 19.1 Å². The van der Waals surface area contributed by atoms with Gasteiger partial charge in [0.05, 0.1) is 0 Å². The monoisotopic (exact) mass is 430 g/mol. The molecule has 1 saturated heterocycles. The molecule has 6 nitrogen and oxygen atoms in total. The second-order valence-electron chi connectivity index (χ2n) is 10.3. The highest BCUT2D eigenvalue weighted by Crippen LogP contribution is 2.38. The molecule has 2 N–H and O–H groups in total. The van der Waals surface area contributed by atoms with Crippen LogP contribution in [0.3, 0.4) is 0 Å². The number of phenols is 1. The third-order valence-corrected chi connectivity index (χ3v) is 7.02. The predicted octanol–water partition coefficient (Wildman–Crippen LogP) is 4.77. The minimum atomic E-state index is -0.224. The zero-order valence-corrected chi connectivity index (χ0v) is 19.4. The average Bonchev–Trinajstić information content (AvgIpc) is 2.74. The van der Waals surface area contributed by atoms with Crippen LogP contribution in [0.25, 0.3) is 0 Å². The van der Waals surface area contributed by atoms with E-state index in [0.717, 1.165) is 36.8 Å². The lowest BCUT2D eigenvalue weighted by molar-refractivity contribution is -0.126. The van der Waals surface area contributed by atoms with Crippen molar-refractivity contribution < 1.29 is 19.4 Å². The molecule has 0 radical (unpaired) electrons. The molecule has 172 valence electrons. The van der Waals surface area contributed by atoms with Gasteiger partial charge >= 0.3 is 6.09 Å². The first-order chi connectivity index (χ1) is 14.6. The summed E-state index contributed by atoms with van der Waals surface area (Å²) in [6.07, 6.45) is 5.25. The highest BCUT2D eigenvalue weighted by molar-refractivity contribution is 5.79. The first-order valence-electron chi connectivity index (χ1n) is 11.6. The number of hydrogen-bond acceptors (Lipinski definition) is 4. The molecule has 1 aromatic rings. The van der Waals surface area contributed by atoms with Gasteiger partial charge in [-0.2, -0.15) is 0 Å². The second-order valence-corrected chi connectivity index (χ2v) is 10.3. The van der Waals surface area contributed by atoms with Crippen molar-refractivity contribution >= 4 is 12.0 Å². The molecule has 2 fully saturated rings. The maximum absolute atomic E-state index is 12.6. The molecule has 0 unspecified atom stereocenters. The third kappa shape index (κ3) is 6.37. The van der Waals surface area contributed by atoms with Gasteiger partial charge in [-0.1, -0.05) is 32.9 Å². The zero-order chi connectivity index (χ0) is 22.6. The first kappa shape index (κ1) is 23.4. The number of nitrogens with one attached hydrogen (secondary N) is 1. The van der Waals surface area contributed by atoms with Gasteiger partial charge in [-0.15, -0.1) is 0 Å². The van der Waals surface area contributed by atoms with Crippen molar-refractivity contribution in [1.82, 2.24) is 10.2 Å². The normalized spacial score (nSPS) is 22.8. The van der Waals surface area contributed by atoms with Crippen LogP contribution in [0.4, 0.5) is 4.79 Å². The Morgan fingerprint density at radius 2 is 1.74 bits per heavy atom. The number of benzene rings is 1. The zero-order valence-electron chi connectivity index (χ0n) is 19.4. The molecule has 31 heavy (non-hydrogen) atoms. The molecular weight excluding hydrogens is 392 g/mol. The van der Waals surface area contributed by atoms with E-state index in [1.165, 1.54) is 0 Å². The highest BCUT2D eigenvalue weighted by atomic mass is 16.6. The summed E-state index contributed by atoms with van der Waals surface area (Å²) in [4.78, 5) is 26.9. The Kier molecular flexibility index (Phi) is 7.50. The number of carbonyl (C=O) groups excluding carboxylic acids is 2. The largest absolute Gasteiger partial charge is 0.508 e. The van der Waals surface area contributed by atoms with Gasteiger partial charge in [-0.3, -0.25) is 4.79 Å². The van der Waals surface area contributed by atoms with E-state index in [-0.39, 0.29) is 29.8 Å². The lowest BCUT2D eigenvalue weighted by atomic mass is 9.72. The molecule has 2 aliphatic rings. The number of carbonyl (C=O) groups is 2. The van der Waals surface area contributed by atoms with Gasteiger partial charge in [0.1, 0.15) is 11.9 Å². The molecule has 0 aromatic heterocycles. The Hall–Kier alpha value is -2.24. The van der Waals surface area contributed by atoms with Crippen LogP contribution in [0.5, 0.6) is 5.75 Å². The fourth-order valence-corrected chi connectivity index (χ4v) is 4.75. The molecule has 0 atom stereocenters. The number of aromatic hydroxyl groups is 1. The number of hydrogen-bond donors (Lipinski definition) is 2. The molecule has 1 saturated carbocycles. The van der Waals surface area contributed by atoms with Crippen LogP contribution in [0.15, 0.2) is 18.2 Å². The fourth-order valence-electron chi connectivity index (χ4n) is 4.75. The van der Waals surface area contributed by atoms with Crippen LogP contribution in [-0.2, 0) is 16.1 Å². The van der Waals surface area contributed by atoms with E-state index in [4.69, 9.17) is 4.74 Å². The van der Waals surface area contributed by atoms with Gasteiger partial charge in [0, 0.05) is 25.6 Å². The molecule has 1 aliphatic heterocycles. The fraction of sp³-hybridized carbons (Fsp3) is 0.680. The Bertz CT molecular complexity index is 770. The summed E-state index contributed by atoms with van der Waals surface area (Å²) in [5, 5.41) is 12.6. The summed E-state index contributed by atoms with van der Waals surface area (Å²) in [5.74, 6) is 0.905. The lowest BCUT2D eigenvalue weighted by Crippen LogP contribution is -2.44. The van der Waals surface area contributed by atoms with E-state index < -0.39 is 0 Å². The SMILES string of the molecule is Cc1cc(CNC(=O)C2CCN(C(=O)O[C@H]3CC[C@H](C(C)(C)C)CC3)CC2)ccc1O. The summed E-state index contributed by atoms with van der Waals surface area (Å²) < 4.78 is 5.78. The van der Waals surface area contributed by atoms with E-state index in [2.05, 4.69) is 26.1 Å². The molecule has 0 bridgehead atoms. The Labute approximate surface area is 186 Å². The van der Waals surface area contributed by atoms with Crippen molar-refractivity contribution in [3.8, 4) is 5.75 Å². The summed E-state index contributed by atoms with van der Waals surface area (Å²) in [6, 6.07) is 5.34. The first-order valence-corrected chi connectivity index (χ1v) is 11.6. The average molecular weight is 431 g/mol. The summed E-state index contributed by atoms with van der Waals surface area (Å²) in [5.41, 5.74) is 2.08. The van der Waals surface area contributed by atoms with Gasteiger partial charge in [-0.05, 0) is 74.0 Å². The number of rotatable bonds is 4. The number of nitrogens with zero attached hydrogens (tertiary/aromatic N) is 1. The number of likely N-dealkylation sites (tertiary alicyclic amines) is 1. The Balaban J connectivity index is 1.38. The van der Waals surface area contributed by atoms with Crippen LogP contribution in [-0.4, -0.2) is 41.2 Å². The summed E-state index contributed by atoms with van der Waals surface area (Å²) in [6.45, 7) is 10.3. The minimum Gasteiger partial charge on any atom is -0.508 e. The topological polar surface area (TPSA) is 78.9 Å². The number of phenolic OH excluding ortho intramolecular Hbond substituents is 1. The quantitative estimate of drug-likeness (QED) is 0.721. The molecule has 0 spiro atoms. The van der Waals surface area contributed by atoms with Crippen molar-refractivity contribution in [2.45, 2.75) is 78.9 Å². The van der Waals surface area contributed by atoms with Crippen LogP contribution >= 0.6 is 0 Å². The van der Waals surface area contributed by atoms with Crippen LogP contribution in [0.1, 0.15) is 70.4 Å². The van der Waals surface area contributed by atoms with Crippen LogP contribution in [0, 0.1) is 24.2 Å². The Morgan fingerprint density at radius 1 is 1.10 bits per heavy atom. The maximum atomic E-state index is 12.6. The van der Waals surface area contributed by atoms with Crippen molar-refractivity contribution in [2.24, 2.45) is 17.3 Å². The molecule has 6 heteroatoms. The van der Waals surface area contributed by atoms with Crippen molar-refractivity contribution in [1.29, 1.82) is 0 Å². The predicted molar refractivity (Wildman–Crippen MR) is 121 cm³/mol. The molecule has 1 aliphatic carbocycles. The Morgan fingerprint density at radius 3 is 2.32 bits per heavy atom. The van der Waals surface area contributed by atoms with Crippen LogP contribution in [0.2, 0.25) is 0 Å². The number of amides is 2. The van der Waals surface area contributed by atoms with E-state index >= 15 is 0 Å². The van der Waals surface area contributed by atoms with Crippen molar-refractivity contribution in [3.63, 3.8) is 0 Å². The van der Waals surface area contributed by atoms with E-state index in [1.54, 1.807) is 11.0 Å². The number of piperidine rings is 1. The van der Waals surface area contributed by atoms with Crippen molar-refractivity contribution in [2.75, 3.05) is 13.1 Å². The van der Waals surface area contributed by atoms with Gasteiger partial charge in [-0.25, -0.2) is 4.79 Å². The van der Waals surface area contributed by atoms with Crippen molar-refractivity contribution in [3.05, 3.63) is 29.3 Å². The molecule has 2 amide bonds. The molecule has 3 rings (SSSR count). The minimum absolute atomic E-state index is 0.0271. The van der Waals surface area contributed by atoms with Gasteiger partial charge < -0.3 is 20.1 Å². The van der Waals surface area contributed by atoms with Gasteiger partial charge in [0.25, 0.3) is 0 Å². The van der Waals surface area contributed by atoms with E-state index in [0.29, 0.717) is 43.8 Å².